The molecule has 150 valence electrons. The van der Waals surface area contributed by atoms with Gasteiger partial charge in [0.1, 0.15) is 0 Å². The number of ether oxygens (including phenoxy) is 2. The summed E-state index contributed by atoms with van der Waals surface area (Å²) in [7, 11) is 0. The second-order valence-electron chi connectivity index (χ2n) is 5.56. The van der Waals surface area contributed by atoms with Crippen molar-refractivity contribution in [2.75, 3.05) is 0 Å². The van der Waals surface area contributed by atoms with Gasteiger partial charge >= 0.3 is 35.8 Å². The van der Waals surface area contributed by atoms with Crippen LogP contribution < -0.4 is 0 Å². The van der Waals surface area contributed by atoms with Crippen LogP contribution in [0.15, 0.2) is 24.3 Å². The summed E-state index contributed by atoms with van der Waals surface area (Å²) in [4.78, 5) is 63.9. The molecule has 2 rings (SSSR count). The highest BCUT2D eigenvalue weighted by Gasteiger charge is 2.28. The summed E-state index contributed by atoms with van der Waals surface area (Å²) in [6.45, 7) is 0. The number of rotatable bonds is 8. The fraction of sp³-hybridized carbons (Fsp3) is 0.333. The number of carbonyl (C=O) groups is 6. The molecule has 0 bridgehead atoms. The Kier molecular flexibility index (Phi) is 9.01. The van der Waals surface area contributed by atoms with Crippen LogP contribution in [0, 0.1) is 0 Å². The molecular weight excluding hydrogens is 376 g/mol. The summed E-state index contributed by atoms with van der Waals surface area (Å²) in [5.41, 5.74) is 0.718. The Bertz CT molecular complexity index is 717. The van der Waals surface area contributed by atoms with E-state index in [4.69, 9.17) is 10.2 Å². The summed E-state index contributed by atoms with van der Waals surface area (Å²) in [5.74, 6) is -4.72. The number of esters is 4. The number of hydrogen-bond donors (Lipinski definition) is 2. The molecule has 0 amide bonds. The molecule has 1 aliphatic heterocycles. The lowest BCUT2D eigenvalue weighted by atomic mass is 10.1. The summed E-state index contributed by atoms with van der Waals surface area (Å²) >= 11 is 0. The minimum atomic E-state index is -1.02. The quantitative estimate of drug-likeness (QED) is 0.489. The van der Waals surface area contributed by atoms with Crippen LogP contribution in [0.4, 0.5) is 0 Å². The molecule has 0 atom stereocenters. The molecule has 0 fully saturated rings. The largest absolute Gasteiger partial charge is 0.481 e. The lowest BCUT2D eigenvalue weighted by Crippen LogP contribution is -2.12. The third kappa shape index (κ3) is 8.21. The van der Waals surface area contributed by atoms with Crippen molar-refractivity contribution in [2.45, 2.75) is 38.5 Å². The van der Waals surface area contributed by atoms with Gasteiger partial charge < -0.3 is 19.7 Å². The van der Waals surface area contributed by atoms with Crippen molar-refractivity contribution in [3.8, 4) is 0 Å². The average Bonchev–Trinajstić information content (AvgIpc) is 2.89. The molecule has 0 unspecified atom stereocenters. The number of carboxylic acid groups (broad SMARTS) is 2. The number of fused-ring (bicyclic) bond motifs is 1. The van der Waals surface area contributed by atoms with E-state index in [2.05, 4.69) is 9.47 Å². The second-order valence-corrected chi connectivity index (χ2v) is 5.56. The van der Waals surface area contributed by atoms with Gasteiger partial charge in [-0.25, -0.2) is 9.59 Å². The predicted octanol–water partition coefficient (Wildman–Crippen LogP) is 1.56. The molecule has 10 heteroatoms. The van der Waals surface area contributed by atoms with E-state index in [9.17, 15) is 28.8 Å². The van der Waals surface area contributed by atoms with Crippen LogP contribution in [-0.2, 0) is 28.7 Å². The van der Waals surface area contributed by atoms with Gasteiger partial charge in [-0.1, -0.05) is 12.1 Å². The number of benzene rings is 1. The molecule has 0 saturated heterocycles. The summed E-state index contributed by atoms with van der Waals surface area (Å²) in [6, 6.07) is 6.53. The summed E-state index contributed by atoms with van der Waals surface area (Å²) in [6.07, 6.45) is -0.397. The molecular formula is C18H18O10. The normalized spacial score (nSPS) is 11.6. The molecule has 1 aliphatic rings. The van der Waals surface area contributed by atoms with E-state index in [1.165, 1.54) is 0 Å². The maximum atomic E-state index is 11.0. The maximum Gasteiger partial charge on any atom is 0.346 e. The topological polar surface area (TPSA) is 161 Å². The first kappa shape index (κ1) is 22.5. The van der Waals surface area contributed by atoms with Crippen molar-refractivity contribution in [3.63, 3.8) is 0 Å². The molecule has 0 radical (unpaired) electrons. The zero-order chi connectivity index (χ0) is 21.1. The Morgan fingerprint density at radius 1 is 0.750 bits per heavy atom. The third-order valence-electron chi connectivity index (χ3n) is 3.32. The Hall–Kier alpha value is -3.56. The van der Waals surface area contributed by atoms with Gasteiger partial charge in [-0.15, -0.1) is 0 Å². The third-order valence-corrected chi connectivity index (χ3v) is 3.32. The van der Waals surface area contributed by atoms with Crippen LogP contribution >= 0.6 is 0 Å². The van der Waals surface area contributed by atoms with Gasteiger partial charge in [0.15, 0.2) is 0 Å². The number of carboxylic acids is 2. The lowest BCUT2D eigenvalue weighted by molar-refractivity contribution is -0.159. The van der Waals surface area contributed by atoms with E-state index < -0.39 is 35.8 Å². The Morgan fingerprint density at radius 2 is 1.14 bits per heavy atom. The Labute approximate surface area is 159 Å². The first-order valence-electron chi connectivity index (χ1n) is 8.23. The molecule has 1 heterocycles. The highest BCUT2D eigenvalue weighted by Crippen LogP contribution is 2.18. The van der Waals surface area contributed by atoms with Crippen molar-refractivity contribution in [2.24, 2.45) is 0 Å². The van der Waals surface area contributed by atoms with Gasteiger partial charge in [0.05, 0.1) is 11.1 Å². The fourth-order valence-electron chi connectivity index (χ4n) is 2.03. The van der Waals surface area contributed by atoms with Crippen molar-refractivity contribution in [1.82, 2.24) is 0 Å². The van der Waals surface area contributed by atoms with Crippen molar-refractivity contribution < 1.29 is 48.5 Å². The number of cyclic esters (lactones) is 2. The molecule has 0 saturated carbocycles. The van der Waals surface area contributed by atoms with Gasteiger partial charge in [-0.05, 0) is 25.0 Å². The number of hydrogen-bond acceptors (Lipinski definition) is 8. The first-order chi connectivity index (χ1) is 13.2. The molecule has 2 N–H and O–H groups in total. The molecule has 10 nitrogen and oxygen atoms in total. The Morgan fingerprint density at radius 3 is 1.50 bits per heavy atom. The summed E-state index contributed by atoms with van der Waals surface area (Å²) < 4.78 is 8.70. The van der Waals surface area contributed by atoms with Gasteiger partial charge in [0, 0.05) is 25.7 Å². The van der Waals surface area contributed by atoms with Crippen LogP contribution in [0.2, 0.25) is 0 Å². The number of carbonyl (C=O) groups excluding carboxylic acids is 4. The zero-order valence-electron chi connectivity index (χ0n) is 14.7. The van der Waals surface area contributed by atoms with Crippen LogP contribution in [-0.4, -0.2) is 46.0 Å². The average molecular weight is 394 g/mol. The first-order valence-corrected chi connectivity index (χ1v) is 8.23. The lowest BCUT2D eigenvalue weighted by Gasteiger charge is -2.01. The molecule has 1 aromatic rings. The smallest absolute Gasteiger partial charge is 0.346 e. The minimum Gasteiger partial charge on any atom is -0.481 e. The molecule has 0 spiro atoms. The van der Waals surface area contributed by atoms with E-state index >= 15 is 0 Å². The van der Waals surface area contributed by atoms with Gasteiger partial charge in [0.25, 0.3) is 0 Å². The van der Waals surface area contributed by atoms with E-state index in [0.717, 1.165) is 0 Å². The fourth-order valence-corrected chi connectivity index (χ4v) is 2.03. The van der Waals surface area contributed by atoms with E-state index in [1.807, 2.05) is 0 Å². The summed E-state index contributed by atoms with van der Waals surface area (Å²) in [5, 5.41) is 16.6. The van der Waals surface area contributed by atoms with Gasteiger partial charge in [-0.2, -0.15) is 0 Å². The second kappa shape index (κ2) is 11.2. The molecule has 0 aliphatic carbocycles. The van der Waals surface area contributed by atoms with E-state index in [-0.39, 0.29) is 38.5 Å². The SMILES string of the molecule is O=C(O)CCCC(=O)OC(=O)CCCC(=O)O.O=C1OC(=O)c2ccccc21. The molecule has 1 aromatic carbocycles. The highest BCUT2D eigenvalue weighted by molar-refractivity contribution is 6.14. The molecule has 0 aromatic heterocycles. The standard InChI is InChI=1S/C10H14O7.C8H4O3/c11-7(12)3-1-5-9(15)17-10(16)6-2-4-8(13)14;9-7-5-3-1-2-4-6(5)8(10)11-7/h1-6H2,(H,11,12)(H,13,14);1-4H. The van der Waals surface area contributed by atoms with E-state index in [0.29, 0.717) is 11.1 Å². The van der Waals surface area contributed by atoms with Crippen LogP contribution in [0.1, 0.15) is 59.2 Å². The van der Waals surface area contributed by atoms with Crippen molar-refractivity contribution >= 4 is 35.8 Å². The monoisotopic (exact) mass is 394 g/mol. The van der Waals surface area contributed by atoms with Crippen molar-refractivity contribution in [1.29, 1.82) is 0 Å². The Balaban J connectivity index is 0.000000302. The van der Waals surface area contributed by atoms with E-state index in [1.54, 1.807) is 24.3 Å². The highest BCUT2D eigenvalue weighted by atomic mass is 16.6. The van der Waals surface area contributed by atoms with Gasteiger partial charge in [-0.3, -0.25) is 19.2 Å². The zero-order valence-corrected chi connectivity index (χ0v) is 14.7. The van der Waals surface area contributed by atoms with Gasteiger partial charge in [0.2, 0.25) is 0 Å². The van der Waals surface area contributed by atoms with Crippen LogP contribution in [0.5, 0.6) is 0 Å². The van der Waals surface area contributed by atoms with Crippen molar-refractivity contribution in [3.05, 3.63) is 35.4 Å². The molecule has 28 heavy (non-hydrogen) atoms. The maximum absolute atomic E-state index is 11.0. The predicted molar refractivity (Wildman–Crippen MR) is 90.3 cm³/mol. The van der Waals surface area contributed by atoms with Crippen LogP contribution in [0.25, 0.3) is 0 Å². The van der Waals surface area contributed by atoms with Crippen LogP contribution in [0.3, 0.4) is 0 Å². The number of aliphatic carboxylic acids is 2. The minimum absolute atomic E-state index is 0.108.